The van der Waals surface area contributed by atoms with Crippen LogP contribution in [-0.2, 0) is 6.42 Å². The molecule has 1 radical (unpaired) electrons. The Balaban J connectivity index is 2.41. The van der Waals surface area contributed by atoms with Crippen molar-refractivity contribution in [3.8, 4) is 0 Å². The molecule has 0 aromatic heterocycles. The summed E-state index contributed by atoms with van der Waals surface area (Å²) in [5.74, 6) is 0. The first-order valence-electron chi connectivity index (χ1n) is 4.46. The topological polar surface area (TPSA) is 26.0 Å². The third kappa shape index (κ3) is 2.95. The van der Waals surface area contributed by atoms with E-state index in [-0.39, 0.29) is 0 Å². The highest BCUT2D eigenvalue weighted by Gasteiger charge is 1.92. The smallest absolute Gasteiger partial charge is 0.0316 e. The van der Waals surface area contributed by atoms with E-state index in [4.69, 9.17) is 5.73 Å². The molecule has 2 N–H and O–H groups in total. The van der Waals surface area contributed by atoms with E-state index in [1.54, 1.807) is 0 Å². The van der Waals surface area contributed by atoms with Gasteiger partial charge in [-0.05, 0) is 30.5 Å². The van der Waals surface area contributed by atoms with Crippen LogP contribution in [0.4, 0.5) is 5.69 Å². The molecule has 0 aliphatic heterocycles. The Hall–Kier alpha value is -0.980. The molecule has 0 heterocycles. The summed E-state index contributed by atoms with van der Waals surface area (Å²) >= 11 is 0. The molecule has 0 spiro atoms. The zero-order chi connectivity index (χ0) is 8.81. The number of nitrogens with two attached hydrogens (primary N) is 1. The Bertz CT molecular complexity index is 230. The van der Waals surface area contributed by atoms with Crippen LogP contribution in [0.3, 0.4) is 0 Å². The maximum Gasteiger partial charge on any atom is 0.0316 e. The average Bonchev–Trinajstić information content (AvgIpc) is 2.05. The second-order valence-corrected chi connectivity index (χ2v) is 3.06. The van der Waals surface area contributed by atoms with Gasteiger partial charge in [0.15, 0.2) is 0 Å². The second-order valence-electron chi connectivity index (χ2n) is 3.06. The molecule has 0 aliphatic rings. The van der Waals surface area contributed by atoms with Crippen molar-refractivity contribution >= 4 is 5.69 Å². The van der Waals surface area contributed by atoms with Gasteiger partial charge >= 0.3 is 0 Å². The number of hydrogen-bond acceptors (Lipinski definition) is 1. The number of unbranched alkanes of at least 4 members (excludes halogenated alkanes) is 2. The van der Waals surface area contributed by atoms with Gasteiger partial charge in [0.05, 0.1) is 0 Å². The van der Waals surface area contributed by atoms with E-state index in [0.717, 1.165) is 18.5 Å². The predicted molar refractivity (Wildman–Crippen MR) is 53.8 cm³/mol. The van der Waals surface area contributed by atoms with E-state index in [9.17, 15) is 0 Å². The number of hydrogen-bond donors (Lipinski definition) is 1. The fourth-order valence-corrected chi connectivity index (χ4v) is 1.25. The summed E-state index contributed by atoms with van der Waals surface area (Å²) in [6, 6.07) is 8.10. The number of benzene rings is 1. The zero-order valence-corrected chi connectivity index (χ0v) is 7.42. The van der Waals surface area contributed by atoms with Gasteiger partial charge in [0.2, 0.25) is 0 Å². The Morgan fingerprint density at radius 1 is 1.25 bits per heavy atom. The predicted octanol–water partition coefficient (Wildman–Crippen LogP) is 2.82. The zero-order valence-electron chi connectivity index (χ0n) is 7.42. The summed E-state index contributed by atoms with van der Waals surface area (Å²) in [4.78, 5) is 0. The lowest BCUT2D eigenvalue weighted by atomic mass is 10.1. The third-order valence-electron chi connectivity index (χ3n) is 1.92. The van der Waals surface area contributed by atoms with Crippen molar-refractivity contribution in [2.24, 2.45) is 0 Å². The van der Waals surface area contributed by atoms with E-state index in [1.165, 1.54) is 18.4 Å². The molecule has 1 nitrogen and oxygen atoms in total. The summed E-state index contributed by atoms with van der Waals surface area (Å²) in [7, 11) is 0. The Labute approximate surface area is 74.6 Å². The van der Waals surface area contributed by atoms with Crippen LogP contribution in [0.25, 0.3) is 0 Å². The van der Waals surface area contributed by atoms with E-state index in [0.29, 0.717) is 0 Å². The van der Waals surface area contributed by atoms with Gasteiger partial charge in [-0.3, -0.25) is 0 Å². The summed E-state index contributed by atoms with van der Waals surface area (Å²) in [5.41, 5.74) is 7.85. The molecular weight excluding hydrogens is 146 g/mol. The van der Waals surface area contributed by atoms with Crippen LogP contribution in [0.15, 0.2) is 24.3 Å². The third-order valence-corrected chi connectivity index (χ3v) is 1.92. The monoisotopic (exact) mass is 162 g/mol. The van der Waals surface area contributed by atoms with Gasteiger partial charge in [-0.15, -0.1) is 0 Å². The highest BCUT2D eigenvalue weighted by Crippen LogP contribution is 2.10. The van der Waals surface area contributed by atoms with Gasteiger partial charge in [-0.1, -0.05) is 31.9 Å². The van der Waals surface area contributed by atoms with Crippen LogP contribution in [0.2, 0.25) is 0 Å². The number of nitrogen functional groups attached to an aromatic ring is 1. The first kappa shape index (κ1) is 9.11. The van der Waals surface area contributed by atoms with Gasteiger partial charge in [-0.2, -0.15) is 0 Å². The van der Waals surface area contributed by atoms with E-state index >= 15 is 0 Å². The summed E-state index contributed by atoms with van der Waals surface area (Å²) in [6.45, 7) is 3.81. The van der Waals surface area contributed by atoms with Gasteiger partial charge in [-0.25, -0.2) is 0 Å². The van der Waals surface area contributed by atoms with Crippen LogP contribution < -0.4 is 5.73 Å². The SMILES string of the molecule is [CH2]CCCCc1cccc(N)c1. The van der Waals surface area contributed by atoms with Crippen LogP contribution in [0.1, 0.15) is 24.8 Å². The maximum absolute atomic E-state index is 5.65. The number of rotatable bonds is 4. The Morgan fingerprint density at radius 2 is 2.08 bits per heavy atom. The minimum Gasteiger partial charge on any atom is -0.399 e. The molecule has 0 aliphatic carbocycles. The normalized spacial score (nSPS) is 10.1. The molecule has 0 amide bonds. The Kier molecular flexibility index (Phi) is 3.65. The van der Waals surface area contributed by atoms with E-state index in [1.807, 2.05) is 18.2 Å². The summed E-state index contributed by atoms with van der Waals surface area (Å²) in [6.07, 6.45) is 4.57. The van der Waals surface area contributed by atoms with Crippen LogP contribution in [-0.4, -0.2) is 0 Å². The van der Waals surface area contributed by atoms with Crippen molar-refractivity contribution in [2.75, 3.05) is 5.73 Å². The molecule has 12 heavy (non-hydrogen) atoms. The first-order chi connectivity index (χ1) is 5.83. The molecule has 0 atom stereocenters. The molecule has 0 bridgehead atoms. The maximum atomic E-state index is 5.65. The van der Waals surface area contributed by atoms with Crippen molar-refractivity contribution in [3.63, 3.8) is 0 Å². The lowest BCUT2D eigenvalue weighted by Gasteiger charge is -2.00. The van der Waals surface area contributed by atoms with Gasteiger partial charge in [0.25, 0.3) is 0 Å². The van der Waals surface area contributed by atoms with Crippen LogP contribution >= 0.6 is 0 Å². The fourth-order valence-electron chi connectivity index (χ4n) is 1.25. The molecular formula is C11H16N. The van der Waals surface area contributed by atoms with Crippen molar-refractivity contribution in [3.05, 3.63) is 36.8 Å². The molecule has 0 fully saturated rings. The molecule has 1 heteroatoms. The lowest BCUT2D eigenvalue weighted by Crippen LogP contribution is -1.88. The average molecular weight is 162 g/mol. The standard InChI is InChI=1S/C11H16N/c1-2-3-4-6-10-7-5-8-11(12)9-10/h5,7-9H,1-4,6,12H2. The Morgan fingerprint density at radius 3 is 2.75 bits per heavy atom. The first-order valence-corrected chi connectivity index (χ1v) is 4.46. The van der Waals surface area contributed by atoms with Crippen molar-refractivity contribution in [1.82, 2.24) is 0 Å². The fraction of sp³-hybridized carbons (Fsp3) is 0.364. The largest absolute Gasteiger partial charge is 0.399 e. The van der Waals surface area contributed by atoms with E-state index in [2.05, 4.69) is 13.0 Å². The molecule has 0 saturated carbocycles. The van der Waals surface area contributed by atoms with Crippen molar-refractivity contribution < 1.29 is 0 Å². The van der Waals surface area contributed by atoms with Gasteiger partial charge in [0, 0.05) is 5.69 Å². The van der Waals surface area contributed by atoms with Gasteiger partial charge < -0.3 is 5.73 Å². The van der Waals surface area contributed by atoms with Crippen LogP contribution in [0, 0.1) is 6.92 Å². The molecule has 0 saturated heterocycles. The van der Waals surface area contributed by atoms with Crippen molar-refractivity contribution in [2.45, 2.75) is 25.7 Å². The highest BCUT2D eigenvalue weighted by molar-refractivity contribution is 5.40. The minimum absolute atomic E-state index is 0.863. The summed E-state index contributed by atoms with van der Waals surface area (Å²) < 4.78 is 0. The number of aryl methyl sites for hydroxylation is 1. The quantitative estimate of drug-likeness (QED) is 0.534. The number of anilines is 1. The summed E-state index contributed by atoms with van der Waals surface area (Å²) in [5, 5.41) is 0. The molecule has 1 rings (SSSR count). The van der Waals surface area contributed by atoms with Crippen LogP contribution in [0.5, 0.6) is 0 Å². The van der Waals surface area contributed by atoms with Gasteiger partial charge in [0.1, 0.15) is 0 Å². The van der Waals surface area contributed by atoms with Crippen molar-refractivity contribution in [1.29, 1.82) is 0 Å². The second kappa shape index (κ2) is 4.81. The molecule has 65 valence electrons. The van der Waals surface area contributed by atoms with E-state index < -0.39 is 0 Å². The molecule has 1 aromatic rings. The highest BCUT2D eigenvalue weighted by atomic mass is 14.5. The minimum atomic E-state index is 0.863. The molecule has 0 unspecified atom stereocenters. The molecule has 1 aromatic carbocycles. The lowest BCUT2D eigenvalue weighted by molar-refractivity contribution is 0.746.